The molecule has 0 radical (unpaired) electrons. The number of allylic oxidation sites excluding steroid dienone is 2. The van der Waals surface area contributed by atoms with E-state index in [4.69, 9.17) is 0 Å². The lowest BCUT2D eigenvalue weighted by atomic mass is 10.2. The average Bonchev–Trinajstić information content (AvgIpc) is 2.30. The quantitative estimate of drug-likeness (QED) is 0.179. The Labute approximate surface area is 97.5 Å². The molecule has 0 saturated carbocycles. The highest BCUT2D eigenvalue weighted by molar-refractivity contribution is 5.51. The standard InChI is InChI=1S/C14H19NO/c1-2-3-4-5-9-12-15(16)13-14-10-7-6-8-11-14/h3-4,6-8,10-12H,2,5,9,13H2,1H3/b4-3-,15-12-. The summed E-state index contributed by atoms with van der Waals surface area (Å²) in [6.45, 7) is 2.55. The van der Waals surface area contributed by atoms with Crippen LogP contribution in [-0.2, 0) is 6.54 Å². The van der Waals surface area contributed by atoms with Crippen molar-refractivity contribution in [3.8, 4) is 0 Å². The fourth-order valence-corrected chi connectivity index (χ4v) is 1.43. The monoisotopic (exact) mass is 217 g/mol. The number of hydroxylamine groups is 1. The Morgan fingerprint density at radius 2 is 1.88 bits per heavy atom. The average molecular weight is 217 g/mol. The minimum atomic E-state index is 0.443. The van der Waals surface area contributed by atoms with Gasteiger partial charge in [-0.2, -0.15) is 0 Å². The Bertz CT molecular complexity index is 341. The van der Waals surface area contributed by atoms with Gasteiger partial charge in [-0.05, 0) is 12.8 Å². The van der Waals surface area contributed by atoms with E-state index in [9.17, 15) is 5.21 Å². The zero-order valence-corrected chi connectivity index (χ0v) is 9.80. The number of nitrogens with zero attached hydrogens (tertiary/aromatic N) is 1. The molecule has 86 valence electrons. The highest BCUT2D eigenvalue weighted by Crippen LogP contribution is 1.99. The molecule has 0 aliphatic heterocycles. The summed E-state index contributed by atoms with van der Waals surface area (Å²) < 4.78 is 1.01. The molecule has 0 aliphatic carbocycles. The van der Waals surface area contributed by atoms with E-state index in [2.05, 4.69) is 19.1 Å². The number of unbranched alkanes of at least 4 members (excludes halogenated alkanes) is 1. The summed E-state index contributed by atoms with van der Waals surface area (Å²) in [5.74, 6) is 0. The summed E-state index contributed by atoms with van der Waals surface area (Å²) in [5.41, 5.74) is 1.05. The third-order valence-corrected chi connectivity index (χ3v) is 2.25. The van der Waals surface area contributed by atoms with Crippen molar-refractivity contribution in [2.75, 3.05) is 0 Å². The van der Waals surface area contributed by atoms with E-state index in [1.54, 1.807) is 6.21 Å². The molecule has 0 fully saturated rings. The summed E-state index contributed by atoms with van der Waals surface area (Å²) >= 11 is 0. The van der Waals surface area contributed by atoms with Crippen LogP contribution >= 0.6 is 0 Å². The molecule has 0 unspecified atom stereocenters. The summed E-state index contributed by atoms with van der Waals surface area (Å²) in [6.07, 6.45) is 8.78. The summed E-state index contributed by atoms with van der Waals surface area (Å²) in [5, 5.41) is 11.5. The van der Waals surface area contributed by atoms with E-state index >= 15 is 0 Å². The van der Waals surface area contributed by atoms with Crippen molar-refractivity contribution in [1.29, 1.82) is 0 Å². The molecule has 0 aliphatic rings. The zero-order valence-electron chi connectivity index (χ0n) is 9.80. The van der Waals surface area contributed by atoms with E-state index in [0.29, 0.717) is 6.54 Å². The van der Waals surface area contributed by atoms with E-state index in [0.717, 1.165) is 29.6 Å². The maximum atomic E-state index is 11.5. The first-order valence-corrected chi connectivity index (χ1v) is 5.79. The maximum absolute atomic E-state index is 11.5. The lowest BCUT2D eigenvalue weighted by molar-refractivity contribution is -0.471. The van der Waals surface area contributed by atoms with Crippen LogP contribution in [0, 0.1) is 5.21 Å². The predicted molar refractivity (Wildman–Crippen MR) is 68.5 cm³/mol. The summed E-state index contributed by atoms with van der Waals surface area (Å²) in [6, 6.07) is 9.80. The van der Waals surface area contributed by atoms with Crippen LogP contribution in [0.4, 0.5) is 0 Å². The van der Waals surface area contributed by atoms with Gasteiger partial charge >= 0.3 is 0 Å². The van der Waals surface area contributed by atoms with Crippen LogP contribution < -0.4 is 0 Å². The molecular formula is C14H19NO. The largest absolute Gasteiger partial charge is 0.624 e. The molecule has 0 aromatic heterocycles. The highest BCUT2D eigenvalue weighted by atomic mass is 16.5. The minimum Gasteiger partial charge on any atom is -0.624 e. The van der Waals surface area contributed by atoms with Gasteiger partial charge in [0.1, 0.15) is 0 Å². The normalized spacial score (nSPS) is 12.2. The lowest BCUT2D eigenvalue weighted by Gasteiger charge is -2.03. The van der Waals surface area contributed by atoms with Gasteiger partial charge in [0.25, 0.3) is 0 Å². The molecule has 2 nitrogen and oxygen atoms in total. The van der Waals surface area contributed by atoms with Crippen molar-refractivity contribution in [2.24, 2.45) is 0 Å². The topological polar surface area (TPSA) is 26.1 Å². The van der Waals surface area contributed by atoms with Gasteiger partial charge in [-0.1, -0.05) is 49.4 Å². The van der Waals surface area contributed by atoms with Crippen LogP contribution in [0.3, 0.4) is 0 Å². The third-order valence-electron chi connectivity index (χ3n) is 2.25. The molecule has 0 spiro atoms. The maximum Gasteiger partial charge on any atom is 0.178 e. The molecule has 0 saturated heterocycles. The highest BCUT2D eigenvalue weighted by Gasteiger charge is 1.95. The molecular weight excluding hydrogens is 198 g/mol. The van der Waals surface area contributed by atoms with Crippen molar-refractivity contribution < 1.29 is 4.74 Å². The van der Waals surface area contributed by atoms with E-state index in [1.165, 1.54) is 0 Å². The van der Waals surface area contributed by atoms with Crippen molar-refractivity contribution in [1.82, 2.24) is 0 Å². The van der Waals surface area contributed by atoms with Gasteiger partial charge in [0.2, 0.25) is 0 Å². The molecule has 1 aromatic carbocycles. The molecule has 2 heteroatoms. The van der Waals surface area contributed by atoms with Crippen molar-refractivity contribution >= 4 is 6.21 Å². The van der Waals surface area contributed by atoms with Gasteiger partial charge in [-0.25, -0.2) is 4.74 Å². The minimum absolute atomic E-state index is 0.443. The molecule has 1 aromatic rings. The smallest absolute Gasteiger partial charge is 0.178 e. The van der Waals surface area contributed by atoms with Crippen molar-refractivity contribution in [3.63, 3.8) is 0 Å². The van der Waals surface area contributed by atoms with E-state index in [-0.39, 0.29) is 0 Å². The number of rotatable bonds is 6. The first-order chi connectivity index (χ1) is 7.83. The Morgan fingerprint density at radius 1 is 1.12 bits per heavy atom. The molecule has 1 rings (SSSR count). The zero-order chi connectivity index (χ0) is 11.6. The first-order valence-electron chi connectivity index (χ1n) is 5.79. The van der Waals surface area contributed by atoms with E-state index < -0.39 is 0 Å². The second kappa shape index (κ2) is 7.69. The second-order valence-corrected chi connectivity index (χ2v) is 3.70. The fraction of sp³-hybridized carbons (Fsp3) is 0.357. The van der Waals surface area contributed by atoms with Gasteiger partial charge in [0, 0.05) is 12.0 Å². The van der Waals surface area contributed by atoms with Gasteiger partial charge in [-0.15, -0.1) is 0 Å². The van der Waals surface area contributed by atoms with Crippen LogP contribution in [-0.4, -0.2) is 11.0 Å². The van der Waals surface area contributed by atoms with Crippen molar-refractivity contribution in [3.05, 3.63) is 53.3 Å². The van der Waals surface area contributed by atoms with Gasteiger partial charge in [-0.3, -0.25) is 0 Å². The Balaban J connectivity index is 2.32. The predicted octanol–water partition coefficient (Wildman–Crippen LogP) is 3.51. The van der Waals surface area contributed by atoms with E-state index in [1.807, 2.05) is 30.3 Å². The number of hydrogen-bond donors (Lipinski definition) is 0. The van der Waals surface area contributed by atoms with Crippen molar-refractivity contribution in [2.45, 2.75) is 32.7 Å². The third kappa shape index (κ3) is 5.35. The molecule has 0 heterocycles. The lowest BCUT2D eigenvalue weighted by Crippen LogP contribution is -2.04. The van der Waals surface area contributed by atoms with Crippen LogP contribution in [0.15, 0.2) is 42.5 Å². The molecule has 16 heavy (non-hydrogen) atoms. The SMILES string of the molecule is CC/C=C\CC/C=[N+](\[O-])Cc1ccccc1. The van der Waals surface area contributed by atoms with Gasteiger partial charge in [0.05, 0.1) is 0 Å². The summed E-state index contributed by atoms with van der Waals surface area (Å²) in [7, 11) is 0. The fourth-order valence-electron chi connectivity index (χ4n) is 1.43. The molecule has 0 bridgehead atoms. The van der Waals surface area contributed by atoms with Gasteiger partial charge in [0.15, 0.2) is 12.8 Å². The Morgan fingerprint density at radius 3 is 2.56 bits per heavy atom. The summed E-state index contributed by atoms with van der Waals surface area (Å²) in [4.78, 5) is 0. The van der Waals surface area contributed by atoms with Gasteiger partial charge < -0.3 is 5.21 Å². The number of benzene rings is 1. The van der Waals surface area contributed by atoms with Crippen LogP contribution in [0.1, 0.15) is 31.7 Å². The number of hydrogen-bond acceptors (Lipinski definition) is 1. The Kier molecular flexibility index (Phi) is 6.00. The first kappa shape index (κ1) is 12.5. The molecule has 0 N–H and O–H groups in total. The molecule has 0 amide bonds. The Hall–Kier alpha value is -1.57. The second-order valence-electron chi connectivity index (χ2n) is 3.70. The molecule has 0 atom stereocenters. The van der Waals surface area contributed by atoms with Crippen LogP contribution in [0.25, 0.3) is 0 Å². The van der Waals surface area contributed by atoms with Crippen LogP contribution in [0.2, 0.25) is 0 Å². The van der Waals surface area contributed by atoms with Crippen LogP contribution in [0.5, 0.6) is 0 Å².